The summed E-state index contributed by atoms with van der Waals surface area (Å²) in [4.78, 5) is 23.1. The lowest BCUT2D eigenvalue weighted by Gasteiger charge is -2.27. The number of ether oxygens (including phenoxy) is 2. The summed E-state index contributed by atoms with van der Waals surface area (Å²) in [6, 6.07) is 7.16. The zero-order valence-electron chi connectivity index (χ0n) is 13.9. The highest BCUT2D eigenvalue weighted by atomic mass is 79.9. The fourth-order valence-electron chi connectivity index (χ4n) is 2.99. The van der Waals surface area contributed by atoms with Crippen LogP contribution in [0.3, 0.4) is 0 Å². The Hall–Kier alpha value is -1.62. The van der Waals surface area contributed by atoms with E-state index in [-0.39, 0.29) is 23.4 Å². The van der Waals surface area contributed by atoms with Crippen molar-refractivity contribution >= 4 is 33.9 Å². The van der Waals surface area contributed by atoms with Gasteiger partial charge in [0.1, 0.15) is 11.4 Å². The Morgan fingerprint density at radius 2 is 1.88 bits per heavy atom. The van der Waals surface area contributed by atoms with Crippen LogP contribution in [-0.4, -0.2) is 30.5 Å². The number of esters is 2. The van der Waals surface area contributed by atoms with Gasteiger partial charge in [-0.3, -0.25) is 4.79 Å². The zero-order valence-corrected chi connectivity index (χ0v) is 15.5. The molecule has 2 rings (SSSR count). The van der Waals surface area contributed by atoms with Crippen LogP contribution in [0.15, 0.2) is 30.3 Å². The Balaban J connectivity index is 2.07. The van der Waals surface area contributed by atoms with E-state index in [4.69, 9.17) is 9.47 Å². The summed E-state index contributed by atoms with van der Waals surface area (Å²) in [7, 11) is 1.36. The van der Waals surface area contributed by atoms with E-state index in [2.05, 4.69) is 15.9 Å². The van der Waals surface area contributed by atoms with Crippen LogP contribution in [0.25, 0.3) is 6.08 Å². The van der Waals surface area contributed by atoms with E-state index in [0.717, 1.165) is 18.4 Å². The van der Waals surface area contributed by atoms with Gasteiger partial charge in [0.25, 0.3) is 0 Å². The lowest BCUT2D eigenvalue weighted by Crippen LogP contribution is -2.27. The highest BCUT2D eigenvalue weighted by molar-refractivity contribution is 9.09. The number of hydrogen-bond donors (Lipinski definition) is 0. The lowest BCUT2D eigenvalue weighted by molar-refractivity contribution is -0.146. The molecule has 130 valence electrons. The van der Waals surface area contributed by atoms with Crippen molar-refractivity contribution in [1.82, 2.24) is 0 Å². The third kappa shape index (κ3) is 5.48. The third-order valence-corrected chi connectivity index (χ3v) is 4.76. The number of hydrogen-bond acceptors (Lipinski definition) is 4. The van der Waals surface area contributed by atoms with Crippen molar-refractivity contribution in [3.05, 3.63) is 41.5 Å². The molecule has 0 amide bonds. The number of carbonyl (C=O) groups is 2. The molecule has 1 aromatic rings. The lowest BCUT2D eigenvalue weighted by atomic mass is 9.85. The number of rotatable bonds is 6. The maximum atomic E-state index is 11.7. The van der Waals surface area contributed by atoms with Gasteiger partial charge in [-0.1, -0.05) is 53.4 Å². The maximum Gasteiger partial charge on any atom is 0.337 e. The molecular weight excluding hydrogens is 372 g/mol. The molecule has 4 nitrogen and oxygen atoms in total. The number of alkyl halides is 1. The maximum absolute atomic E-state index is 11.7. The summed E-state index contributed by atoms with van der Waals surface area (Å²) in [6.45, 7) is 0. The van der Waals surface area contributed by atoms with E-state index in [9.17, 15) is 9.59 Å². The molecule has 5 heteroatoms. The van der Waals surface area contributed by atoms with Gasteiger partial charge in [-0.2, -0.15) is 0 Å². The molecular formula is C19H23BrO4. The van der Waals surface area contributed by atoms with Crippen LogP contribution in [0.1, 0.15) is 48.0 Å². The largest absolute Gasteiger partial charge is 0.465 e. The van der Waals surface area contributed by atoms with E-state index in [0.29, 0.717) is 11.5 Å². The molecule has 1 aromatic carbocycles. The van der Waals surface area contributed by atoms with E-state index in [1.54, 1.807) is 12.1 Å². The fourth-order valence-corrected chi connectivity index (χ4v) is 3.12. The molecule has 1 aliphatic rings. The highest BCUT2D eigenvalue weighted by Crippen LogP contribution is 2.29. The van der Waals surface area contributed by atoms with Gasteiger partial charge in [0, 0.05) is 0 Å². The first kappa shape index (κ1) is 18.7. The van der Waals surface area contributed by atoms with Crippen LogP contribution in [0.2, 0.25) is 0 Å². The minimum atomic E-state index is -0.350. The van der Waals surface area contributed by atoms with Gasteiger partial charge in [0.15, 0.2) is 0 Å². The molecule has 0 aromatic heterocycles. The van der Waals surface area contributed by atoms with Gasteiger partial charge in [0.05, 0.1) is 12.7 Å². The summed E-state index contributed by atoms with van der Waals surface area (Å²) >= 11 is 3.15. The standard InChI is InChI=1S/C19H23BrO4/c1-23-19(22)16-10-7-14(8-11-16)9-12-17(24-18(21)13-20)15-5-3-2-4-6-15/h7-12,15,17H,2-6,13H2,1H3/b12-9+. The first-order chi connectivity index (χ1) is 11.6. The van der Waals surface area contributed by atoms with Crippen molar-refractivity contribution < 1.29 is 19.1 Å². The number of methoxy groups -OCH3 is 1. The van der Waals surface area contributed by atoms with Crippen molar-refractivity contribution in [2.45, 2.75) is 38.2 Å². The van der Waals surface area contributed by atoms with Gasteiger partial charge < -0.3 is 9.47 Å². The van der Waals surface area contributed by atoms with E-state index in [1.807, 2.05) is 24.3 Å². The van der Waals surface area contributed by atoms with E-state index >= 15 is 0 Å². The molecule has 1 saturated carbocycles. The molecule has 1 unspecified atom stereocenters. The SMILES string of the molecule is COC(=O)c1ccc(/C=C/C(OC(=O)CBr)C2CCCCC2)cc1. The smallest absolute Gasteiger partial charge is 0.337 e. The van der Waals surface area contributed by atoms with Crippen molar-refractivity contribution in [2.75, 3.05) is 12.4 Å². The van der Waals surface area contributed by atoms with E-state index in [1.165, 1.54) is 26.4 Å². The molecule has 0 spiro atoms. The van der Waals surface area contributed by atoms with E-state index < -0.39 is 0 Å². The molecule has 0 heterocycles. The Morgan fingerprint density at radius 1 is 1.21 bits per heavy atom. The molecule has 1 atom stereocenters. The Bertz CT molecular complexity index is 574. The molecule has 0 saturated heterocycles. The molecule has 0 N–H and O–H groups in total. The van der Waals surface area contributed by atoms with Crippen LogP contribution in [0.5, 0.6) is 0 Å². The van der Waals surface area contributed by atoms with Crippen LogP contribution < -0.4 is 0 Å². The minimum absolute atomic E-state index is 0.198. The van der Waals surface area contributed by atoms with Gasteiger partial charge in [-0.25, -0.2) is 4.79 Å². The predicted octanol–water partition coefficient (Wildman–Crippen LogP) is 4.37. The van der Waals surface area contributed by atoms with Crippen molar-refractivity contribution in [1.29, 1.82) is 0 Å². The first-order valence-corrected chi connectivity index (χ1v) is 9.38. The third-order valence-electron chi connectivity index (χ3n) is 4.30. The average Bonchev–Trinajstić information content (AvgIpc) is 2.65. The summed E-state index contributed by atoms with van der Waals surface area (Å²) in [6.07, 6.45) is 9.52. The molecule has 0 radical (unpaired) electrons. The molecule has 1 fully saturated rings. The van der Waals surface area contributed by atoms with Crippen molar-refractivity contribution in [2.24, 2.45) is 5.92 Å². The van der Waals surface area contributed by atoms with Crippen LogP contribution in [-0.2, 0) is 14.3 Å². The minimum Gasteiger partial charge on any atom is -0.465 e. The van der Waals surface area contributed by atoms with Gasteiger partial charge in [0.2, 0.25) is 0 Å². The molecule has 0 aliphatic heterocycles. The summed E-state index contributed by atoms with van der Waals surface area (Å²) in [5.41, 5.74) is 1.47. The average molecular weight is 395 g/mol. The van der Waals surface area contributed by atoms with Crippen molar-refractivity contribution in [3.8, 4) is 0 Å². The van der Waals surface area contributed by atoms with Gasteiger partial charge in [-0.15, -0.1) is 0 Å². The van der Waals surface area contributed by atoms with Crippen molar-refractivity contribution in [3.63, 3.8) is 0 Å². The van der Waals surface area contributed by atoms with Gasteiger partial charge >= 0.3 is 11.9 Å². The monoisotopic (exact) mass is 394 g/mol. The van der Waals surface area contributed by atoms with Crippen LogP contribution in [0, 0.1) is 5.92 Å². The fraction of sp³-hybridized carbons (Fsp3) is 0.474. The number of benzene rings is 1. The Morgan fingerprint density at radius 3 is 2.46 bits per heavy atom. The Kier molecular flexibility index (Phi) is 7.50. The summed E-state index contributed by atoms with van der Waals surface area (Å²) in [5.74, 6) is -0.208. The summed E-state index contributed by atoms with van der Waals surface area (Å²) in [5, 5.41) is 0.206. The topological polar surface area (TPSA) is 52.6 Å². The Labute approximate surface area is 151 Å². The summed E-state index contributed by atoms with van der Waals surface area (Å²) < 4.78 is 10.3. The van der Waals surface area contributed by atoms with Crippen LogP contribution >= 0.6 is 15.9 Å². The molecule has 1 aliphatic carbocycles. The normalized spacial score (nSPS) is 16.8. The quantitative estimate of drug-likeness (QED) is 0.530. The number of halogens is 1. The number of carbonyl (C=O) groups excluding carboxylic acids is 2. The second kappa shape index (κ2) is 9.62. The second-order valence-corrected chi connectivity index (χ2v) is 6.52. The first-order valence-electron chi connectivity index (χ1n) is 8.26. The predicted molar refractivity (Wildman–Crippen MR) is 97.1 cm³/mol. The van der Waals surface area contributed by atoms with Crippen LogP contribution in [0.4, 0.5) is 0 Å². The zero-order chi connectivity index (χ0) is 17.4. The molecule has 24 heavy (non-hydrogen) atoms. The van der Waals surface area contributed by atoms with Gasteiger partial charge in [-0.05, 0) is 42.5 Å². The highest BCUT2D eigenvalue weighted by Gasteiger charge is 2.24. The second-order valence-electron chi connectivity index (χ2n) is 5.96. The molecule has 0 bridgehead atoms.